The monoisotopic (exact) mass is 649 g/mol. The van der Waals surface area contributed by atoms with E-state index >= 15 is 0 Å². The lowest BCUT2D eigenvalue weighted by Crippen LogP contribution is -2.56. The Bertz CT molecular complexity index is 1770. The van der Waals surface area contributed by atoms with Crippen LogP contribution in [0.5, 0.6) is 0 Å². The molecule has 2 aliphatic rings. The summed E-state index contributed by atoms with van der Waals surface area (Å²) < 4.78 is 27.5. The van der Waals surface area contributed by atoms with Crippen LogP contribution in [0.25, 0.3) is 0 Å². The highest BCUT2D eigenvalue weighted by Gasteiger charge is 2.48. The van der Waals surface area contributed by atoms with Gasteiger partial charge < -0.3 is 16.8 Å². The van der Waals surface area contributed by atoms with Gasteiger partial charge in [0.25, 0.3) is 11.8 Å². The summed E-state index contributed by atoms with van der Waals surface area (Å²) in [7, 11) is 0. The van der Waals surface area contributed by atoms with Crippen molar-refractivity contribution in [1.29, 1.82) is 5.26 Å². The van der Waals surface area contributed by atoms with Crippen molar-refractivity contribution in [2.24, 2.45) is 11.5 Å². The first kappa shape index (κ1) is 32.0. The number of aromatic nitrogens is 1. The summed E-state index contributed by atoms with van der Waals surface area (Å²) in [6, 6.07) is 10.3. The van der Waals surface area contributed by atoms with Gasteiger partial charge in [0.2, 0.25) is 23.6 Å². The molecule has 1 aromatic heterocycles. The largest absolute Gasteiger partial charge is 0.366 e. The minimum absolute atomic E-state index is 0.000920. The zero-order valence-electron chi connectivity index (χ0n) is 24.0. The van der Waals surface area contributed by atoms with Crippen molar-refractivity contribution in [3.8, 4) is 6.07 Å². The predicted octanol–water partition coefficient (Wildman–Crippen LogP) is 2.99. The molecule has 5 rings (SSSR count). The number of nitriles is 1. The second-order valence-electron chi connectivity index (χ2n) is 10.9. The predicted molar refractivity (Wildman–Crippen MR) is 161 cm³/mol. The number of anilines is 2. The third kappa shape index (κ3) is 6.36. The van der Waals surface area contributed by atoms with E-state index in [1.54, 1.807) is 12.1 Å². The first-order chi connectivity index (χ1) is 21.8. The van der Waals surface area contributed by atoms with E-state index in [-0.39, 0.29) is 51.6 Å². The van der Waals surface area contributed by atoms with E-state index in [4.69, 9.17) is 23.1 Å². The van der Waals surface area contributed by atoms with Crippen LogP contribution >= 0.6 is 11.6 Å². The van der Waals surface area contributed by atoms with Gasteiger partial charge in [-0.2, -0.15) is 5.26 Å². The molecule has 1 saturated heterocycles. The van der Waals surface area contributed by atoms with Gasteiger partial charge in [0.15, 0.2) is 0 Å². The first-order valence-electron chi connectivity index (χ1n) is 14.0. The molecular weight excluding hydrogens is 624 g/mol. The molecule has 2 fully saturated rings. The molecule has 1 aliphatic carbocycles. The highest BCUT2D eigenvalue weighted by atomic mass is 35.5. The van der Waals surface area contributed by atoms with Crippen molar-refractivity contribution in [3.05, 3.63) is 88.1 Å². The number of halogens is 3. The molecule has 5 N–H and O–H groups in total. The molecule has 12 nitrogen and oxygen atoms in total. The van der Waals surface area contributed by atoms with E-state index in [2.05, 4.69) is 10.3 Å². The number of carbonyl (C=O) groups is 5. The first-order valence-corrected chi connectivity index (χ1v) is 14.4. The van der Waals surface area contributed by atoms with Crippen molar-refractivity contribution in [2.45, 2.75) is 49.7 Å². The number of hydrogen-bond donors (Lipinski definition) is 3. The van der Waals surface area contributed by atoms with Crippen LogP contribution in [0.2, 0.25) is 5.02 Å². The van der Waals surface area contributed by atoms with E-state index in [0.717, 1.165) is 28.0 Å². The molecule has 1 unspecified atom stereocenters. The fraction of sp³-hybridized carbons (Fsp3) is 0.258. The maximum Gasteiger partial charge on any atom is 0.252 e. The van der Waals surface area contributed by atoms with E-state index < -0.39 is 66.4 Å². The fourth-order valence-corrected chi connectivity index (χ4v) is 5.80. The van der Waals surface area contributed by atoms with Crippen LogP contribution in [-0.2, 0) is 14.4 Å². The summed E-state index contributed by atoms with van der Waals surface area (Å²) >= 11 is 6.54. The maximum atomic E-state index is 14.8. The third-order valence-electron chi connectivity index (χ3n) is 7.76. The van der Waals surface area contributed by atoms with Gasteiger partial charge in [-0.05, 0) is 42.8 Å². The summed E-state index contributed by atoms with van der Waals surface area (Å²) in [5.74, 6) is -7.21. The number of carbonyl (C=O) groups excluding carboxylic acids is 5. The van der Waals surface area contributed by atoms with Gasteiger partial charge in [-0.25, -0.2) is 13.8 Å². The molecular formula is C31H26ClF2N7O5. The van der Waals surface area contributed by atoms with Crippen molar-refractivity contribution in [2.75, 3.05) is 9.80 Å². The van der Waals surface area contributed by atoms with E-state index in [9.17, 15) is 38.0 Å². The summed E-state index contributed by atoms with van der Waals surface area (Å²) in [6.07, 6.45) is -0.108. The number of nitrogens with two attached hydrogens (primary N) is 2. The number of alkyl halides is 2. The Labute approximate surface area is 265 Å². The highest BCUT2D eigenvalue weighted by molar-refractivity contribution is 6.31. The topological polar surface area (TPSA) is 193 Å². The minimum atomic E-state index is -2.98. The zero-order valence-corrected chi connectivity index (χ0v) is 24.7. The number of benzene rings is 2. The number of hydrogen-bond acceptors (Lipinski definition) is 7. The normalized spacial score (nSPS) is 17.8. The van der Waals surface area contributed by atoms with Crippen LogP contribution in [0, 0.1) is 11.3 Å². The summed E-state index contributed by atoms with van der Waals surface area (Å²) in [5.41, 5.74) is 10.6. The summed E-state index contributed by atoms with van der Waals surface area (Å²) in [6.45, 7) is 0. The average molecular weight is 650 g/mol. The number of nitrogens with one attached hydrogen (secondary N) is 1. The molecule has 0 bridgehead atoms. The number of amides is 5. The zero-order chi connectivity index (χ0) is 33.3. The Balaban J connectivity index is 1.70. The van der Waals surface area contributed by atoms with Gasteiger partial charge in [0.1, 0.15) is 17.9 Å². The summed E-state index contributed by atoms with van der Waals surface area (Å²) in [4.78, 5) is 72.8. The fourth-order valence-electron chi connectivity index (χ4n) is 5.56. The van der Waals surface area contributed by atoms with Crippen molar-refractivity contribution in [3.63, 3.8) is 0 Å². The van der Waals surface area contributed by atoms with Crippen molar-refractivity contribution >= 4 is 52.6 Å². The Kier molecular flexibility index (Phi) is 8.71. The molecule has 0 radical (unpaired) electrons. The van der Waals surface area contributed by atoms with Gasteiger partial charge in [-0.15, -0.1) is 0 Å². The Hall–Kier alpha value is -5.42. The van der Waals surface area contributed by atoms with Gasteiger partial charge in [-0.3, -0.25) is 33.8 Å². The standard InChI is InChI=1S/C31H26ClF2N7O5/c32-22-4-2-1-3-21(22)26(29(45)39-19-13-31(33,34)14-19)40(20-11-17(27(36)43)10-18(12-20)28(37)44)30(46)23-5-6-25(42)41(23)24-9-16(15-35)7-8-38-24/h1-4,7-12,19,23,26H,5-6,13-14H2,(H2,36,43)(H2,37,44)(H,39,45)/t23-,26?/m0/s1. The number of primary amides is 2. The lowest BCUT2D eigenvalue weighted by molar-refractivity contribution is -0.133. The Morgan fingerprint density at radius 1 is 1.07 bits per heavy atom. The Morgan fingerprint density at radius 3 is 2.30 bits per heavy atom. The lowest BCUT2D eigenvalue weighted by Gasteiger charge is -2.39. The lowest BCUT2D eigenvalue weighted by atomic mass is 9.87. The molecule has 3 aromatic rings. The molecule has 2 aromatic carbocycles. The van der Waals surface area contributed by atoms with Gasteiger partial charge in [-0.1, -0.05) is 29.8 Å². The second kappa shape index (κ2) is 12.5. The molecule has 5 amide bonds. The van der Waals surface area contributed by atoms with Crippen LogP contribution in [0.1, 0.15) is 63.6 Å². The van der Waals surface area contributed by atoms with Crippen LogP contribution in [0.3, 0.4) is 0 Å². The molecule has 46 heavy (non-hydrogen) atoms. The minimum Gasteiger partial charge on any atom is -0.366 e. The quantitative estimate of drug-likeness (QED) is 0.317. The maximum absolute atomic E-state index is 14.8. The van der Waals surface area contributed by atoms with Crippen LogP contribution in [-0.4, -0.2) is 52.5 Å². The number of pyridine rings is 1. The third-order valence-corrected chi connectivity index (χ3v) is 8.11. The van der Waals surface area contributed by atoms with E-state index in [0.29, 0.717) is 0 Å². The number of rotatable bonds is 9. The highest BCUT2D eigenvalue weighted by Crippen LogP contribution is 2.40. The van der Waals surface area contributed by atoms with Gasteiger partial charge >= 0.3 is 0 Å². The molecule has 2 atom stereocenters. The molecule has 1 aliphatic heterocycles. The van der Waals surface area contributed by atoms with Crippen LogP contribution in [0.4, 0.5) is 20.3 Å². The van der Waals surface area contributed by atoms with Crippen LogP contribution in [0.15, 0.2) is 60.8 Å². The van der Waals surface area contributed by atoms with Gasteiger partial charge in [0.05, 0.1) is 11.6 Å². The molecule has 2 heterocycles. The van der Waals surface area contributed by atoms with Crippen molar-refractivity contribution < 1.29 is 32.8 Å². The number of nitrogens with zero attached hydrogens (tertiary/aromatic N) is 4. The van der Waals surface area contributed by atoms with Gasteiger partial charge in [0, 0.05) is 58.9 Å². The van der Waals surface area contributed by atoms with Crippen LogP contribution < -0.4 is 26.6 Å². The average Bonchev–Trinajstić information content (AvgIpc) is 3.40. The molecule has 15 heteroatoms. The van der Waals surface area contributed by atoms with E-state index in [1.807, 2.05) is 6.07 Å². The Morgan fingerprint density at radius 2 is 1.72 bits per heavy atom. The van der Waals surface area contributed by atoms with E-state index in [1.165, 1.54) is 30.5 Å². The summed E-state index contributed by atoms with van der Waals surface area (Å²) in [5, 5.41) is 12.0. The molecule has 0 spiro atoms. The molecule has 236 valence electrons. The smallest absolute Gasteiger partial charge is 0.252 e. The van der Waals surface area contributed by atoms with Crippen molar-refractivity contribution in [1.82, 2.24) is 10.3 Å². The molecule has 1 saturated carbocycles. The second-order valence-corrected chi connectivity index (χ2v) is 11.3. The SMILES string of the molecule is N#Cc1ccnc(N2C(=O)CC[C@H]2C(=O)N(c2cc(C(N)=O)cc(C(N)=O)c2)C(C(=O)NC2CC(F)(F)C2)c2ccccc2Cl)c1.